The molecular weight excluding hydrogens is 361 g/mol. The van der Waals surface area contributed by atoms with Gasteiger partial charge >= 0.3 is 6.18 Å². The van der Waals surface area contributed by atoms with E-state index in [4.69, 9.17) is 4.52 Å². The number of halogens is 3. The van der Waals surface area contributed by atoms with Gasteiger partial charge in [0.25, 0.3) is 0 Å². The largest absolute Gasteiger partial charge is 0.449 e. The molecule has 0 radical (unpaired) electrons. The Bertz CT molecular complexity index is 793. The van der Waals surface area contributed by atoms with Crippen molar-refractivity contribution in [3.05, 3.63) is 35.2 Å². The van der Waals surface area contributed by atoms with Gasteiger partial charge in [-0.2, -0.15) is 13.2 Å². The Hall–Kier alpha value is -2.32. The molecule has 3 heterocycles. The molecule has 1 aliphatic rings. The van der Waals surface area contributed by atoms with Gasteiger partial charge in [0.1, 0.15) is 0 Å². The Labute approximate surface area is 155 Å². The molecular formula is C18H23F3N4O2. The molecule has 1 aliphatic heterocycles. The third-order valence-corrected chi connectivity index (χ3v) is 5.14. The fourth-order valence-electron chi connectivity index (χ4n) is 3.54. The molecule has 1 unspecified atom stereocenters. The molecule has 0 spiro atoms. The number of hydrogen-bond acceptors (Lipinski definition) is 4. The molecule has 0 aromatic carbocycles. The lowest BCUT2D eigenvalue weighted by Crippen LogP contribution is -2.35. The highest BCUT2D eigenvalue weighted by molar-refractivity contribution is 5.79. The van der Waals surface area contributed by atoms with Crippen molar-refractivity contribution in [2.75, 3.05) is 0 Å². The number of rotatable bonds is 6. The van der Waals surface area contributed by atoms with Crippen LogP contribution >= 0.6 is 0 Å². The van der Waals surface area contributed by atoms with Crippen LogP contribution in [0.3, 0.4) is 0 Å². The van der Waals surface area contributed by atoms with Crippen molar-refractivity contribution in [1.82, 2.24) is 20.0 Å². The van der Waals surface area contributed by atoms with Crippen molar-refractivity contribution < 1.29 is 22.5 Å². The summed E-state index contributed by atoms with van der Waals surface area (Å²) in [6.45, 7) is 4.52. The summed E-state index contributed by atoms with van der Waals surface area (Å²) < 4.78 is 45.1. The molecule has 0 saturated carbocycles. The first-order valence-corrected chi connectivity index (χ1v) is 9.18. The van der Waals surface area contributed by atoms with Gasteiger partial charge in [-0.05, 0) is 19.3 Å². The number of fused-ring (bicyclic) bond motifs is 1. The van der Waals surface area contributed by atoms with Crippen molar-refractivity contribution in [3.63, 3.8) is 0 Å². The number of alkyl halides is 3. The molecule has 148 valence electrons. The minimum atomic E-state index is -4.48. The van der Waals surface area contributed by atoms with Crippen molar-refractivity contribution >= 4 is 5.91 Å². The van der Waals surface area contributed by atoms with Crippen LogP contribution in [0.15, 0.2) is 16.8 Å². The number of imidazole rings is 1. The van der Waals surface area contributed by atoms with E-state index in [9.17, 15) is 18.0 Å². The van der Waals surface area contributed by atoms with E-state index >= 15 is 0 Å². The standard InChI is InChI=1S/C18H23F3N4O2/c1-3-11(4-2)15-8-14(27-24-15)10-22-16(26)12-5-6-25-13(7-12)9-23-17(25)18(19,20)21/h8-9,11-12H,3-7,10H2,1-2H3,(H,22,26). The van der Waals surface area contributed by atoms with Crippen molar-refractivity contribution in [2.24, 2.45) is 5.92 Å². The summed E-state index contributed by atoms with van der Waals surface area (Å²) in [6, 6.07) is 1.85. The van der Waals surface area contributed by atoms with Crippen molar-refractivity contribution in [2.45, 2.75) is 64.7 Å². The molecule has 9 heteroatoms. The van der Waals surface area contributed by atoms with Crippen LogP contribution in [0, 0.1) is 5.92 Å². The van der Waals surface area contributed by atoms with Crippen LogP contribution in [-0.4, -0.2) is 20.6 Å². The van der Waals surface area contributed by atoms with Gasteiger partial charge in [-0.1, -0.05) is 19.0 Å². The number of carbonyl (C=O) groups is 1. The van der Waals surface area contributed by atoms with E-state index in [2.05, 4.69) is 29.3 Å². The van der Waals surface area contributed by atoms with Gasteiger partial charge in [-0.15, -0.1) is 0 Å². The van der Waals surface area contributed by atoms with Gasteiger partial charge in [0.2, 0.25) is 11.7 Å². The van der Waals surface area contributed by atoms with Crippen LogP contribution in [-0.2, 0) is 30.5 Å². The lowest BCUT2D eigenvalue weighted by atomic mass is 9.95. The normalized spacial score (nSPS) is 17.2. The van der Waals surface area contributed by atoms with Crippen LogP contribution in [0.5, 0.6) is 0 Å². The highest BCUT2D eigenvalue weighted by Crippen LogP contribution is 2.32. The Morgan fingerprint density at radius 1 is 1.41 bits per heavy atom. The summed E-state index contributed by atoms with van der Waals surface area (Å²) in [5, 5.41) is 6.86. The Morgan fingerprint density at radius 2 is 2.15 bits per heavy atom. The maximum absolute atomic E-state index is 12.9. The quantitative estimate of drug-likeness (QED) is 0.825. The second-order valence-electron chi connectivity index (χ2n) is 6.86. The first-order chi connectivity index (χ1) is 12.8. The fourth-order valence-corrected chi connectivity index (χ4v) is 3.54. The van der Waals surface area contributed by atoms with Gasteiger partial charge in [-0.25, -0.2) is 4.98 Å². The summed E-state index contributed by atoms with van der Waals surface area (Å²) in [7, 11) is 0. The highest BCUT2D eigenvalue weighted by atomic mass is 19.4. The number of nitrogens with one attached hydrogen (secondary N) is 1. The lowest BCUT2D eigenvalue weighted by molar-refractivity contribution is -0.147. The first kappa shape index (κ1) is 19.4. The van der Waals surface area contributed by atoms with E-state index in [1.54, 1.807) is 0 Å². The van der Waals surface area contributed by atoms with Gasteiger partial charge < -0.3 is 14.4 Å². The van der Waals surface area contributed by atoms with Crippen LogP contribution in [0.25, 0.3) is 0 Å². The average molecular weight is 384 g/mol. The second-order valence-corrected chi connectivity index (χ2v) is 6.86. The summed E-state index contributed by atoms with van der Waals surface area (Å²) in [6.07, 6.45) is -0.764. The predicted octanol–water partition coefficient (Wildman–Crippen LogP) is 3.67. The number of carbonyl (C=O) groups excluding carboxylic acids is 1. The summed E-state index contributed by atoms with van der Waals surface area (Å²) >= 11 is 0. The zero-order valence-electron chi connectivity index (χ0n) is 15.3. The van der Waals surface area contributed by atoms with Gasteiger partial charge in [0.15, 0.2) is 5.76 Å². The number of amides is 1. The van der Waals surface area contributed by atoms with Gasteiger partial charge in [-0.3, -0.25) is 4.79 Å². The summed E-state index contributed by atoms with van der Waals surface area (Å²) in [4.78, 5) is 15.9. The van der Waals surface area contributed by atoms with Crippen LogP contribution < -0.4 is 5.32 Å². The second kappa shape index (κ2) is 7.74. The Kier molecular flexibility index (Phi) is 5.57. The maximum atomic E-state index is 12.9. The van der Waals surface area contributed by atoms with E-state index < -0.39 is 12.0 Å². The van der Waals surface area contributed by atoms with Gasteiger partial charge in [0, 0.05) is 42.8 Å². The topological polar surface area (TPSA) is 73.0 Å². The molecule has 0 fully saturated rings. The fraction of sp³-hybridized carbons (Fsp3) is 0.611. The molecule has 2 aromatic heterocycles. The van der Waals surface area contributed by atoms with Crippen molar-refractivity contribution in [3.8, 4) is 0 Å². The molecule has 1 amide bonds. The third kappa shape index (κ3) is 4.17. The monoisotopic (exact) mass is 384 g/mol. The molecule has 2 aromatic rings. The zero-order chi connectivity index (χ0) is 19.6. The van der Waals surface area contributed by atoms with Crippen LogP contribution in [0.1, 0.15) is 62.0 Å². The predicted molar refractivity (Wildman–Crippen MR) is 90.7 cm³/mol. The van der Waals surface area contributed by atoms with E-state index in [0.29, 0.717) is 23.8 Å². The van der Waals surface area contributed by atoms with E-state index in [-0.39, 0.29) is 31.3 Å². The smallest absolute Gasteiger partial charge is 0.359 e. The zero-order valence-corrected chi connectivity index (χ0v) is 15.3. The van der Waals surface area contributed by atoms with Crippen LogP contribution in [0.2, 0.25) is 0 Å². The molecule has 1 atom stereocenters. The summed E-state index contributed by atoms with van der Waals surface area (Å²) in [5.74, 6) is -0.565. The average Bonchev–Trinajstić information content (AvgIpc) is 3.26. The summed E-state index contributed by atoms with van der Waals surface area (Å²) in [5.41, 5.74) is 1.31. The molecule has 0 aliphatic carbocycles. The maximum Gasteiger partial charge on any atom is 0.449 e. The molecule has 27 heavy (non-hydrogen) atoms. The Morgan fingerprint density at radius 3 is 2.81 bits per heavy atom. The molecule has 6 nitrogen and oxygen atoms in total. The minimum absolute atomic E-state index is 0.128. The van der Waals surface area contributed by atoms with Crippen molar-refractivity contribution in [1.29, 1.82) is 0 Å². The molecule has 0 saturated heterocycles. The number of nitrogens with zero attached hydrogens (tertiary/aromatic N) is 3. The first-order valence-electron chi connectivity index (χ1n) is 9.18. The molecule has 3 rings (SSSR count). The molecule has 1 N–H and O–H groups in total. The molecule has 0 bridgehead atoms. The van der Waals surface area contributed by atoms with Crippen LogP contribution in [0.4, 0.5) is 13.2 Å². The minimum Gasteiger partial charge on any atom is -0.359 e. The Balaban J connectivity index is 1.58. The number of aromatic nitrogens is 3. The third-order valence-electron chi connectivity index (χ3n) is 5.14. The van der Waals surface area contributed by atoms with E-state index in [1.165, 1.54) is 6.20 Å². The highest BCUT2D eigenvalue weighted by Gasteiger charge is 2.39. The van der Waals surface area contributed by atoms with E-state index in [0.717, 1.165) is 23.1 Å². The lowest BCUT2D eigenvalue weighted by Gasteiger charge is -2.24. The van der Waals surface area contributed by atoms with Gasteiger partial charge in [0.05, 0.1) is 12.2 Å². The van der Waals surface area contributed by atoms with E-state index in [1.807, 2.05) is 6.07 Å². The SMILES string of the molecule is CCC(CC)c1cc(CNC(=O)C2CCn3c(cnc3C(F)(F)F)C2)on1. The number of hydrogen-bond donors (Lipinski definition) is 1.